The molecule has 0 heterocycles. The van der Waals surface area contributed by atoms with Crippen LogP contribution in [0.15, 0.2) is 0 Å². The topological polar surface area (TPSA) is 39.9 Å². The Labute approximate surface area is 48.6 Å². The van der Waals surface area contributed by atoms with Crippen molar-refractivity contribution in [3.8, 4) is 0 Å². The maximum Gasteiger partial charge on any atom is 0.512 e. The molecule has 0 aromatic heterocycles. The van der Waals surface area contributed by atoms with Gasteiger partial charge in [0.2, 0.25) is 6.10 Å². The summed E-state index contributed by atoms with van der Waals surface area (Å²) in [4.78, 5) is 8.70. The average molecular weight is 119 g/mol. The Hall–Kier alpha value is -0.570. The molecule has 0 radical (unpaired) electrons. The third kappa shape index (κ3) is 1.93. The molecule has 0 aromatic carbocycles. The summed E-state index contributed by atoms with van der Waals surface area (Å²) in [5.74, 6) is -0.0903. The van der Waals surface area contributed by atoms with E-state index in [4.69, 9.17) is 9.53 Å². The van der Waals surface area contributed by atoms with E-state index in [-0.39, 0.29) is 12.1 Å². The van der Waals surface area contributed by atoms with Gasteiger partial charge in [-0.15, -0.1) is 0 Å². The molecule has 1 N–H and O–H groups in total. The second-order valence-electron chi connectivity index (χ2n) is 1.42. The van der Waals surface area contributed by atoms with Gasteiger partial charge in [-0.1, -0.05) is 0 Å². The molecule has 0 spiro atoms. The highest BCUT2D eigenvalue weighted by Crippen LogP contribution is 1.87. The van der Waals surface area contributed by atoms with Gasteiger partial charge in [0.05, 0.1) is 0 Å². The Morgan fingerprint density at radius 1 is 1.50 bits per heavy atom. The minimum absolute atomic E-state index is 0.0903. The van der Waals surface area contributed by atoms with Crippen LogP contribution >= 0.6 is 0 Å². The Kier molecular flexibility index (Phi) is 3.19. The highest BCUT2D eigenvalue weighted by molar-refractivity contribution is 5.75. The van der Waals surface area contributed by atoms with E-state index in [2.05, 4.69) is 4.74 Å². The molecule has 0 rings (SSSR count). The molecule has 0 amide bonds. The average Bonchev–Trinajstić information content (AvgIpc) is 1.84. The van der Waals surface area contributed by atoms with E-state index in [1.54, 1.807) is 6.92 Å². The first-order chi connectivity index (χ1) is 3.72. The standard InChI is InChI=1S/C5H10O3/c1-4(7-2)5(6)8-3/h4H,1-3H3/p+1. The van der Waals surface area contributed by atoms with Gasteiger partial charge in [0, 0.05) is 7.11 Å². The van der Waals surface area contributed by atoms with Crippen molar-refractivity contribution in [2.24, 2.45) is 0 Å². The molecule has 0 saturated heterocycles. The molecule has 0 fully saturated rings. The summed E-state index contributed by atoms with van der Waals surface area (Å²) < 4.78 is 9.14. The van der Waals surface area contributed by atoms with Crippen LogP contribution in [0.4, 0.5) is 0 Å². The Morgan fingerprint density at radius 2 is 2.00 bits per heavy atom. The minimum Gasteiger partial charge on any atom is -0.365 e. The Morgan fingerprint density at radius 3 is 2.12 bits per heavy atom. The van der Waals surface area contributed by atoms with Gasteiger partial charge >= 0.3 is 5.97 Å². The summed E-state index contributed by atoms with van der Waals surface area (Å²) in [6, 6.07) is 0. The van der Waals surface area contributed by atoms with E-state index in [1.165, 1.54) is 14.2 Å². The highest BCUT2D eigenvalue weighted by Gasteiger charge is 2.18. The van der Waals surface area contributed by atoms with Crippen molar-refractivity contribution < 1.29 is 14.3 Å². The monoisotopic (exact) mass is 119 g/mol. The smallest absolute Gasteiger partial charge is 0.365 e. The lowest BCUT2D eigenvalue weighted by Gasteiger charge is -1.97. The molecule has 1 atom stereocenters. The first-order valence-electron chi connectivity index (χ1n) is 2.35. The normalized spacial score (nSPS) is 12.9. The van der Waals surface area contributed by atoms with Crippen LogP contribution in [0, 0.1) is 0 Å². The molecular weight excluding hydrogens is 108 g/mol. The van der Waals surface area contributed by atoms with Gasteiger partial charge in [0.15, 0.2) is 7.11 Å². The van der Waals surface area contributed by atoms with Crippen LogP contribution in [0.5, 0.6) is 0 Å². The molecule has 0 aliphatic heterocycles. The number of hydrogen-bond acceptors (Lipinski definition) is 2. The minimum atomic E-state index is -0.333. The van der Waals surface area contributed by atoms with Gasteiger partial charge in [-0.05, 0) is 6.92 Å². The zero-order valence-corrected chi connectivity index (χ0v) is 5.34. The molecule has 0 aliphatic rings. The SMILES string of the molecule is COC(=[OH+])C(C)OC. The van der Waals surface area contributed by atoms with Crippen LogP contribution in [0.25, 0.3) is 0 Å². The van der Waals surface area contributed by atoms with Crippen LogP contribution in [-0.4, -0.2) is 31.1 Å². The number of esters is 1. The van der Waals surface area contributed by atoms with Gasteiger partial charge in [-0.2, -0.15) is 0 Å². The van der Waals surface area contributed by atoms with Gasteiger partial charge in [-0.25, -0.2) is 0 Å². The molecule has 1 unspecified atom stereocenters. The fourth-order valence-corrected chi connectivity index (χ4v) is 0.267. The van der Waals surface area contributed by atoms with Gasteiger partial charge in [0.1, 0.15) is 0 Å². The lowest BCUT2D eigenvalue weighted by Crippen LogP contribution is -2.20. The summed E-state index contributed by atoms with van der Waals surface area (Å²) in [5.41, 5.74) is 0. The summed E-state index contributed by atoms with van der Waals surface area (Å²) in [6.45, 7) is 1.69. The maximum atomic E-state index is 8.70. The summed E-state index contributed by atoms with van der Waals surface area (Å²) in [7, 11) is 2.89. The van der Waals surface area contributed by atoms with Crippen LogP contribution in [0.2, 0.25) is 0 Å². The lowest BCUT2D eigenvalue weighted by atomic mass is 10.4. The fraction of sp³-hybridized carbons (Fsp3) is 0.800. The molecule has 0 bridgehead atoms. The third-order valence-electron chi connectivity index (χ3n) is 0.910. The van der Waals surface area contributed by atoms with E-state index in [0.717, 1.165) is 0 Å². The van der Waals surface area contributed by atoms with Crippen LogP contribution in [-0.2, 0) is 9.47 Å². The van der Waals surface area contributed by atoms with Crippen molar-refractivity contribution in [2.75, 3.05) is 14.2 Å². The largest absolute Gasteiger partial charge is 0.512 e. The molecular formula is C5H11O3+. The van der Waals surface area contributed by atoms with Crippen molar-refractivity contribution in [2.45, 2.75) is 13.0 Å². The zero-order valence-electron chi connectivity index (χ0n) is 5.34. The number of ether oxygens (including phenoxy) is 2. The number of rotatable bonds is 2. The van der Waals surface area contributed by atoms with Gasteiger partial charge in [0.25, 0.3) is 0 Å². The maximum absolute atomic E-state index is 8.70. The second kappa shape index (κ2) is 3.43. The van der Waals surface area contributed by atoms with E-state index < -0.39 is 0 Å². The van der Waals surface area contributed by atoms with Gasteiger partial charge < -0.3 is 14.3 Å². The number of methoxy groups -OCH3 is 2. The third-order valence-corrected chi connectivity index (χ3v) is 0.910. The van der Waals surface area contributed by atoms with E-state index >= 15 is 0 Å². The first-order valence-corrected chi connectivity index (χ1v) is 2.35. The molecule has 48 valence electrons. The predicted molar refractivity (Wildman–Crippen MR) is 30.4 cm³/mol. The van der Waals surface area contributed by atoms with Crippen LogP contribution < -0.4 is 0 Å². The van der Waals surface area contributed by atoms with E-state index in [9.17, 15) is 0 Å². The van der Waals surface area contributed by atoms with Crippen molar-refractivity contribution in [3.63, 3.8) is 0 Å². The molecule has 0 aromatic rings. The lowest BCUT2D eigenvalue weighted by molar-refractivity contribution is 0.135. The van der Waals surface area contributed by atoms with Crippen LogP contribution in [0.1, 0.15) is 6.92 Å². The summed E-state index contributed by atoms with van der Waals surface area (Å²) in [5, 5.41) is 0. The number of hydrogen-bond donors (Lipinski definition) is 0. The molecule has 0 aliphatic carbocycles. The fourth-order valence-electron chi connectivity index (χ4n) is 0.267. The van der Waals surface area contributed by atoms with E-state index in [0.29, 0.717) is 0 Å². The molecule has 3 heteroatoms. The van der Waals surface area contributed by atoms with Crippen molar-refractivity contribution >= 4 is 5.97 Å². The Bertz CT molecular complexity index is 79.7. The van der Waals surface area contributed by atoms with Crippen molar-refractivity contribution in [1.82, 2.24) is 0 Å². The molecule has 8 heavy (non-hydrogen) atoms. The van der Waals surface area contributed by atoms with Gasteiger partial charge in [-0.3, -0.25) is 0 Å². The summed E-state index contributed by atoms with van der Waals surface area (Å²) in [6.07, 6.45) is -0.333. The Balaban J connectivity index is 3.46. The highest BCUT2D eigenvalue weighted by atomic mass is 16.6. The van der Waals surface area contributed by atoms with Crippen molar-refractivity contribution in [1.29, 1.82) is 0 Å². The quantitative estimate of drug-likeness (QED) is 0.384. The van der Waals surface area contributed by atoms with Crippen molar-refractivity contribution in [3.05, 3.63) is 0 Å². The predicted octanol–water partition coefficient (Wildman–Crippen LogP) is 0.170. The number of carbonyl (C=O) groups excluding carboxylic acids is 1. The molecule has 0 saturated carbocycles. The first kappa shape index (κ1) is 7.43. The summed E-state index contributed by atoms with van der Waals surface area (Å²) >= 11 is 0. The van der Waals surface area contributed by atoms with E-state index in [1.807, 2.05) is 0 Å². The van der Waals surface area contributed by atoms with Crippen LogP contribution in [0.3, 0.4) is 0 Å². The molecule has 3 nitrogen and oxygen atoms in total. The zero-order chi connectivity index (χ0) is 6.57. The second-order valence-corrected chi connectivity index (χ2v) is 1.42.